The highest BCUT2D eigenvalue weighted by Crippen LogP contribution is 2.25. The molecule has 0 radical (unpaired) electrons. The van der Waals surface area contributed by atoms with Crippen molar-refractivity contribution in [3.05, 3.63) is 17.0 Å². The molecule has 1 aliphatic heterocycles. The van der Waals surface area contributed by atoms with Crippen LogP contribution in [0.3, 0.4) is 0 Å². The summed E-state index contributed by atoms with van der Waals surface area (Å²) >= 11 is 5.91. The molecule has 1 fully saturated rings. The van der Waals surface area contributed by atoms with Crippen LogP contribution in [0.2, 0.25) is 0 Å². The molecule has 84 valence electrons. The topological polar surface area (TPSA) is 27.1 Å². The molecule has 0 N–H and O–H groups in total. The van der Waals surface area contributed by atoms with Crippen LogP contribution in [-0.2, 0) is 10.6 Å². The summed E-state index contributed by atoms with van der Waals surface area (Å²) in [5, 5.41) is 4.58. The highest BCUT2D eigenvalue weighted by molar-refractivity contribution is 6.17. The van der Waals surface area contributed by atoms with Crippen LogP contribution in [0.15, 0.2) is 0 Å². The van der Waals surface area contributed by atoms with Gasteiger partial charge in [-0.1, -0.05) is 0 Å². The van der Waals surface area contributed by atoms with E-state index in [1.54, 1.807) is 0 Å². The number of aromatic nitrogens is 2. The summed E-state index contributed by atoms with van der Waals surface area (Å²) in [6, 6.07) is 0.495. The lowest BCUT2D eigenvalue weighted by Crippen LogP contribution is -2.21. The Labute approximate surface area is 95.4 Å². The lowest BCUT2D eigenvalue weighted by molar-refractivity contribution is 0.0656. The molecular formula is C11H17ClN2O. The molecule has 1 aromatic rings. The van der Waals surface area contributed by atoms with Crippen LogP contribution in [0.4, 0.5) is 0 Å². The molecule has 0 unspecified atom stereocenters. The third kappa shape index (κ3) is 2.04. The lowest BCUT2D eigenvalue weighted by atomic mass is 10.1. The molecule has 3 nitrogen and oxygen atoms in total. The predicted octanol–water partition coefficient (Wildman–Crippen LogP) is 2.59. The first-order valence-corrected chi connectivity index (χ1v) is 5.95. The molecule has 1 aromatic heterocycles. The van der Waals surface area contributed by atoms with Crippen molar-refractivity contribution >= 4 is 11.6 Å². The summed E-state index contributed by atoms with van der Waals surface area (Å²) in [7, 11) is 0. The maximum Gasteiger partial charge on any atom is 0.0640 e. The number of nitrogens with zero attached hydrogens (tertiary/aromatic N) is 2. The third-order valence-electron chi connectivity index (χ3n) is 3.15. The van der Waals surface area contributed by atoms with Gasteiger partial charge in [0.25, 0.3) is 0 Å². The van der Waals surface area contributed by atoms with Gasteiger partial charge in [-0.3, -0.25) is 4.68 Å². The zero-order valence-corrected chi connectivity index (χ0v) is 10.0. The Kier molecular flexibility index (Phi) is 3.32. The molecule has 2 rings (SSSR count). The van der Waals surface area contributed by atoms with Gasteiger partial charge in [-0.15, -0.1) is 11.6 Å². The molecule has 0 aliphatic carbocycles. The molecule has 0 saturated carbocycles. The SMILES string of the molecule is Cc1nn(C2CCOCC2)c(C)c1CCl. The van der Waals surface area contributed by atoms with Gasteiger partial charge in [-0.25, -0.2) is 0 Å². The number of hydrogen-bond donors (Lipinski definition) is 0. The van der Waals surface area contributed by atoms with E-state index in [0.717, 1.165) is 31.7 Å². The number of alkyl halides is 1. The molecule has 4 heteroatoms. The molecule has 1 saturated heterocycles. The molecule has 0 aromatic carbocycles. The smallest absolute Gasteiger partial charge is 0.0640 e. The molecule has 15 heavy (non-hydrogen) atoms. The van der Waals surface area contributed by atoms with Gasteiger partial charge in [0.15, 0.2) is 0 Å². The van der Waals surface area contributed by atoms with E-state index in [4.69, 9.17) is 16.3 Å². The summed E-state index contributed by atoms with van der Waals surface area (Å²) < 4.78 is 7.49. The normalized spacial score (nSPS) is 18.3. The molecule has 2 heterocycles. The molecule has 0 amide bonds. The van der Waals surface area contributed by atoms with E-state index in [9.17, 15) is 0 Å². The monoisotopic (exact) mass is 228 g/mol. The first kappa shape index (κ1) is 11.0. The summed E-state index contributed by atoms with van der Waals surface area (Å²) in [5.74, 6) is 0.556. The van der Waals surface area contributed by atoms with Crippen LogP contribution >= 0.6 is 11.6 Å². The first-order valence-electron chi connectivity index (χ1n) is 5.42. The predicted molar refractivity (Wildman–Crippen MR) is 60.3 cm³/mol. The maximum absolute atomic E-state index is 5.91. The quantitative estimate of drug-likeness (QED) is 0.728. The Morgan fingerprint density at radius 1 is 1.40 bits per heavy atom. The fourth-order valence-corrected chi connectivity index (χ4v) is 2.56. The van der Waals surface area contributed by atoms with E-state index >= 15 is 0 Å². The number of rotatable bonds is 2. The summed E-state index contributed by atoms with van der Waals surface area (Å²) in [6.07, 6.45) is 2.12. The second-order valence-electron chi connectivity index (χ2n) is 4.07. The van der Waals surface area contributed by atoms with E-state index in [-0.39, 0.29) is 0 Å². The van der Waals surface area contributed by atoms with Crippen LogP contribution in [0.25, 0.3) is 0 Å². The Bertz CT molecular complexity index is 343. The van der Waals surface area contributed by atoms with Gasteiger partial charge in [-0.05, 0) is 26.7 Å². The van der Waals surface area contributed by atoms with Gasteiger partial charge in [-0.2, -0.15) is 5.10 Å². The maximum atomic E-state index is 5.91. The van der Waals surface area contributed by atoms with Crippen molar-refractivity contribution < 1.29 is 4.74 Å². The minimum Gasteiger partial charge on any atom is -0.381 e. The Hall–Kier alpha value is -0.540. The minimum absolute atomic E-state index is 0.495. The van der Waals surface area contributed by atoms with Gasteiger partial charge < -0.3 is 4.74 Å². The second kappa shape index (κ2) is 4.54. The van der Waals surface area contributed by atoms with Crippen molar-refractivity contribution in [2.75, 3.05) is 13.2 Å². The number of ether oxygens (including phenoxy) is 1. The number of aryl methyl sites for hydroxylation is 1. The van der Waals surface area contributed by atoms with Crippen LogP contribution in [0.1, 0.15) is 35.8 Å². The average molecular weight is 229 g/mol. The van der Waals surface area contributed by atoms with Crippen LogP contribution in [0, 0.1) is 13.8 Å². The molecule has 0 atom stereocenters. The summed E-state index contributed by atoms with van der Waals surface area (Å²) in [6.45, 7) is 5.83. The summed E-state index contributed by atoms with van der Waals surface area (Å²) in [4.78, 5) is 0. The molecular weight excluding hydrogens is 212 g/mol. The Morgan fingerprint density at radius 3 is 2.60 bits per heavy atom. The molecule has 1 aliphatic rings. The van der Waals surface area contributed by atoms with Gasteiger partial charge in [0.05, 0.1) is 17.6 Å². The van der Waals surface area contributed by atoms with Crippen molar-refractivity contribution in [3.63, 3.8) is 0 Å². The zero-order chi connectivity index (χ0) is 10.8. The molecule has 0 spiro atoms. The van der Waals surface area contributed by atoms with Gasteiger partial charge in [0.2, 0.25) is 0 Å². The first-order chi connectivity index (χ1) is 7.24. The zero-order valence-electron chi connectivity index (χ0n) is 9.29. The fourth-order valence-electron chi connectivity index (χ4n) is 2.18. The molecule has 0 bridgehead atoms. The largest absolute Gasteiger partial charge is 0.381 e. The van der Waals surface area contributed by atoms with E-state index < -0.39 is 0 Å². The fraction of sp³-hybridized carbons (Fsp3) is 0.727. The number of halogens is 1. The van der Waals surface area contributed by atoms with Gasteiger partial charge in [0, 0.05) is 24.5 Å². The van der Waals surface area contributed by atoms with Crippen LogP contribution in [0.5, 0.6) is 0 Å². The highest BCUT2D eigenvalue weighted by Gasteiger charge is 2.20. The Balaban J connectivity index is 2.27. The number of hydrogen-bond acceptors (Lipinski definition) is 2. The van der Waals surface area contributed by atoms with E-state index in [2.05, 4.69) is 16.7 Å². The van der Waals surface area contributed by atoms with Crippen molar-refractivity contribution in [1.82, 2.24) is 9.78 Å². The van der Waals surface area contributed by atoms with Gasteiger partial charge in [0.1, 0.15) is 0 Å². The standard InChI is InChI=1S/C11H17ClN2O/c1-8-11(7-12)9(2)14(13-8)10-3-5-15-6-4-10/h10H,3-7H2,1-2H3. The van der Waals surface area contributed by atoms with E-state index in [1.807, 2.05) is 6.92 Å². The lowest BCUT2D eigenvalue weighted by Gasteiger charge is -2.23. The highest BCUT2D eigenvalue weighted by atomic mass is 35.5. The minimum atomic E-state index is 0.495. The van der Waals surface area contributed by atoms with Crippen LogP contribution in [-0.4, -0.2) is 23.0 Å². The summed E-state index contributed by atoms with van der Waals surface area (Å²) in [5.41, 5.74) is 3.46. The van der Waals surface area contributed by atoms with E-state index in [1.165, 1.54) is 11.3 Å². The van der Waals surface area contributed by atoms with Crippen molar-refractivity contribution in [3.8, 4) is 0 Å². The third-order valence-corrected chi connectivity index (χ3v) is 3.41. The van der Waals surface area contributed by atoms with Crippen molar-refractivity contribution in [1.29, 1.82) is 0 Å². The van der Waals surface area contributed by atoms with Crippen LogP contribution < -0.4 is 0 Å². The van der Waals surface area contributed by atoms with Gasteiger partial charge >= 0.3 is 0 Å². The second-order valence-corrected chi connectivity index (χ2v) is 4.34. The van der Waals surface area contributed by atoms with E-state index in [0.29, 0.717) is 11.9 Å². The average Bonchev–Trinajstić information content (AvgIpc) is 2.55. The Morgan fingerprint density at radius 2 is 2.07 bits per heavy atom. The van der Waals surface area contributed by atoms with Crippen molar-refractivity contribution in [2.24, 2.45) is 0 Å². The van der Waals surface area contributed by atoms with Crippen molar-refractivity contribution in [2.45, 2.75) is 38.6 Å².